The summed E-state index contributed by atoms with van der Waals surface area (Å²) in [6.07, 6.45) is 25.6. The number of methoxy groups -OCH3 is 1. The summed E-state index contributed by atoms with van der Waals surface area (Å²) >= 11 is 0. The molecule has 32 nitrogen and oxygen atoms in total. The molecule has 5 fully saturated rings. The predicted octanol–water partition coefficient (Wildman–Crippen LogP) is 5.13. The van der Waals surface area contributed by atoms with E-state index in [1.54, 1.807) is 46.6 Å². The largest absolute Gasteiger partial charge is 0.412 e. The molecule has 20 atom stereocenters. The molecule has 5 saturated heterocycles. The van der Waals surface area contributed by atoms with Gasteiger partial charge in [0.2, 0.25) is 0 Å². The van der Waals surface area contributed by atoms with E-state index in [2.05, 4.69) is 190 Å². The van der Waals surface area contributed by atoms with Crippen LogP contribution in [0.25, 0.3) is 0 Å². The van der Waals surface area contributed by atoms with Gasteiger partial charge >= 0.3 is 0 Å². The first-order valence-electron chi connectivity index (χ1n) is 41.1. The van der Waals surface area contributed by atoms with Gasteiger partial charge in [-0.3, -0.25) is 0 Å². The summed E-state index contributed by atoms with van der Waals surface area (Å²) in [5.41, 5.74) is 26.2. The highest BCUT2D eigenvalue weighted by Gasteiger charge is 2.52. The number of ether oxygens (including phenoxy) is 6. The van der Waals surface area contributed by atoms with E-state index in [0.29, 0.717) is 96.5 Å². The third-order valence-corrected chi connectivity index (χ3v) is 34.4. The lowest BCUT2D eigenvalue weighted by molar-refractivity contribution is -0.0698. The fourth-order valence-electron chi connectivity index (χ4n) is 13.8. The van der Waals surface area contributed by atoms with Gasteiger partial charge in [-0.1, -0.05) is 60.6 Å². The summed E-state index contributed by atoms with van der Waals surface area (Å²) in [6.45, 7) is 49.6. The lowest BCUT2D eigenvalue weighted by Crippen LogP contribution is -2.44. The summed E-state index contributed by atoms with van der Waals surface area (Å²) in [6, 6.07) is 0. The van der Waals surface area contributed by atoms with Crippen LogP contribution >= 0.6 is 34.4 Å². The first-order chi connectivity index (χ1) is 56.0. The van der Waals surface area contributed by atoms with E-state index in [4.69, 9.17) is 55.8 Å². The SMILES string of the molecule is C=C1N=C(N(C)C)C=CN1C1O[C@H](CCP(=C)(C)C)[C@@H](O)[C@H]1OC.C=C1N=C(N)C(C)=CN1C1O[C@H](CCP(=C)(C)C)[C@@H](O)[C@H]1O.C=C1N=C(N)C(CC)=CN1C1O[C@H](CCP(=C)(C)C)[C@@H](O)[C@H]1O.C=C1N=C(N)C(CO)=CN1C1O[C@H](CCP(=C)(C)C)[C@@H](O)[C@H]1O.C=C1N=C(N)C(CO[Si](C)(C)C(C)(C)C)=CN1C1O[C@H](CCP(=C)(C)C)[C@@H](O)[C@H]1O. The van der Waals surface area contributed by atoms with Crippen LogP contribution in [0.2, 0.25) is 18.1 Å². The zero-order valence-corrected chi connectivity index (χ0v) is 81.5. The molecule has 0 aromatic rings. The van der Waals surface area contributed by atoms with Gasteiger partial charge in [0.05, 0.1) is 43.7 Å². The van der Waals surface area contributed by atoms with E-state index in [1.165, 1.54) is 4.90 Å². The van der Waals surface area contributed by atoms with Crippen molar-refractivity contribution in [3.8, 4) is 0 Å². The van der Waals surface area contributed by atoms with Crippen molar-refractivity contribution in [2.24, 2.45) is 47.9 Å². The molecule has 10 aliphatic heterocycles. The second kappa shape index (κ2) is 43.3. The number of hydrogen-bond acceptors (Lipinski definition) is 32. The molecule has 122 heavy (non-hydrogen) atoms. The van der Waals surface area contributed by atoms with E-state index in [9.17, 15) is 51.1 Å². The van der Waals surface area contributed by atoms with E-state index in [-0.39, 0.29) is 23.6 Å². The maximum absolute atomic E-state index is 10.6. The van der Waals surface area contributed by atoms with Gasteiger partial charge in [0, 0.05) is 74.5 Å². The molecular formula is C84H150N15O17P5Si. The van der Waals surface area contributed by atoms with E-state index >= 15 is 0 Å². The number of rotatable bonds is 26. The quantitative estimate of drug-likeness (QED) is 0.0394. The first kappa shape index (κ1) is 106. The molecule has 0 amide bonds. The Balaban J connectivity index is 0.000000237. The van der Waals surface area contributed by atoms with E-state index in [1.807, 2.05) is 50.0 Å². The molecule has 0 bridgehead atoms. The summed E-state index contributed by atoms with van der Waals surface area (Å²) in [7, 11) is 3.48. The lowest BCUT2D eigenvalue weighted by Gasteiger charge is -2.37. The molecule has 10 heterocycles. The molecule has 0 saturated carbocycles. The Morgan fingerprint density at radius 3 is 1.03 bits per heavy atom. The zero-order chi connectivity index (χ0) is 92.5. The van der Waals surface area contributed by atoms with Crippen LogP contribution in [0.1, 0.15) is 73.1 Å². The van der Waals surface area contributed by atoms with Crippen molar-refractivity contribution in [3.05, 3.63) is 121 Å². The molecule has 0 aliphatic carbocycles. The molecular weight excluding hydrogens is 1670 g/mol. The van der Waals surface area contributed by atoms with Crippen LogP contribution in [0, 0.1) is 0 Å². The topological polar surface area (TPSA) is 452 Å². The lowest BCUT2D eigenvalue weighted by atomic mass is 10.1. The Hall–Kier alpha value is -5.21. The summed E-state index contributed by atoms with van der Waals surface area (Å²) in [5.74, 6) is 4.22. The Bertz CT molecular complexity index is 4220. The average Bonchev–Trinajstić information content (AvgIpc) is 1.56. The zero-order valence-electron chi connectivity index (χ0n) is 76.1. The Morgan fingerprint density at radius 2 is 0.730 bits per heavy atom. The van der Waals surface area contributed by atoms with Crippen LogP contribution in [0.4, 0.5) is 0 Å². The van der Waals surface area contributed by atoms with Crippen molar-refractivity contribution >= 4 is 103 Å². The number of aliphatic imine (C=N–C) groups is 5. The average molecular weight is 1830 g/mol. The van der Waals surface area contributed by atoms with Crippen LogP contribution in [0.3, 0.4) is 0 Å². The van der Waals surface area contributed by atoms with Crippen LogP contribution in [-0.4, -0.2) is 404 Å². The minimum Gasteiger partial charge on any atom is -0.412 e. The maximum atomic E-state index is 10.6. The molecule has 0 spiro atoms. The van der Waals surface area contributed by atoms with Gasteiger partial charge in [0.15, 0.2) is 39.5 Å². The number of amidine groups is 5. The fraction of sp³-hybridized carbons (Fsp3) is 0.643. The van der Waals surface area contributed by atoms with E-state index < -0.39 is 159 Å². The second-order valence-corrected chi connectivity index (χ2v) is 64.2. The smallest absolute Gasteiger partial charge is 0.192 e. The minimum atomic E-state index is -1.97. The highest BCUT2D eigenvalue weighted by atomic mass is 31.2. The third-order valence-electron chi connectivity index (χ3n) is 22.5. The molecule has 18 N–H and O–H groups in total. The van der Waals surface area contributed by atoms with Gasteiger partial charge in [-0.25, -0.2) is 25.0 Å². The second-order valence-electron chi connectivity index (χ2n) is 37.8. The fourth-order valence-corrected chi connectivity index (χ4v) is 19.5. The maximum Gasteiger partial charge on any atom is 0.192 e. The summed E-state index contributed by atoms with van der Waals surface area (Å²) < 4.78 is 41.6. The molecule has 0 aromatic carbocycles. The van der Waals surface area contributed by atoms with Crippen molar-refractivity contribution in [2.45, 2.75) is 214 Å². The molecule has 10 rings (SSSR count). The standard InChI is InChI=1S/C21H40N3O4PSi.C17H30N3O3P.C16H28N3O3P.C15H26N3O4P.C15H26N3O3P/c1-14-23-19(22)15(13-27-30(8,9)21(2,3)4)12-24(14)20-18(26)17(25)16(28-20)10-11-29(5,6)7;1-12-18-14(19(2)3)8-10-20(12)17-16(22-4)15(21)13(23-17)9-11-24(5,6)7;1-6-11-9-19(10(2)18-15(11)17)16-14(21)13(20)12(22-16)7-8-23(3,4)5;1-9-17-14(16)10(8-19)7-18(9)15-13(21)12(20)11(22-15)5-6-23(2,3)4;1-9-8-18(10(2)17-14(9)16)15-13(20)12(19)11(21-15)6-7-22(3,4)5/h12,16-18,20,25-26H,1,5,10-11,13H2,2-4,6-9H3,(H2,22,23);8,10,13,15-17,21H,1,5,9,11H2,2-4,6-7H3;9,12-14,16,20-21H,2-3,6-8H2,1,4-5H3,(H2,17,18);7,11-13,15,19-21H,1-2,5-6,8H2,3-4H3,(H2,16,17);8,11-13,15,19-20H,2-3,6-7H2,1,4-5H3,(H2,16,17)/t16-,17-,18-,20?;13-,15-,16-,17?;12-,13-,14-,16?;2*11-,12-,13-,15?/m11111/s1. The van der Waals surface area contributed by atoms with Gasteiger partial charge in [-0.05, 0) is 167 Å². The number of likely N-dealkylation sites (N-methyl/N-ethyl adjacent to an activating group) is 1. The van der Waals surface area contributed by atoms with Crippen molar-refractivity contribution in [3.63, 3.8) is 0 Å². The molecule has 5 unspecified atom stereocenters. The Labute approximate surface area is 727 Å². The number of aliphatic hydroxyl groups is 10. The number of hydrogen-bond donors (Lipinski definition) is 14. The molecule has 38 heteroatoms. The van der Waals surface area contributed by atoms with Crippen LogP contribution in [0.5, 0.6) is 0 Å². The molecule has 0 radical (unpaired) electrons. The van der Waals surface area contributed by atoms with Gasteiger partial charge < -0.3 is 136 Å². The molecule has 10 aliphatic rings. The predicted molar refractivity (Wildman–Crippen MR) is 515 cm³/mol. The highest BCUT2D eigenvalue weighted by Crippen LogP contribution is 2.46. The van der Waals surface area contributed by atoms with E-state index in [0.717, 1.165) is 54.2 Å². The van der Waals surface area contributed by atoms with Crippen LogP contribution < -0.4 is 22.9 Å². The summed E-state index contributed by atoms with van der Waals surface area (Å²) in [4.78, 5) is 31.4. The summed E-state index contributed by atoms with van der Waals surface area (Å²) in [5, 5.41) is 103. The van der Waals surface area contributed by atoms with Gasteiger partial charge in [0.1, 0.15) is 119 Å². The van der Waals surface area contributed by atoms with Gasteiger partial charge in [0.25, 0.3) is 0 Å². The number of aliphatic hydroxyl groups excluding tert-OH is 10. The number of nitrogens with zero attached hydrogens (tertiary/aromatic N) is 11. The van der Waals surface area contributed by atoms with Crippen molar-refractivity contribution in [1.29, 1.82) is 0 Å². The Kier molecular flexibility index (Phi) is 37.4. The van der Waals surface area contributed by atoms with Crippen molar-refractivity contribution in [2.75, 3.05) is 132 Å². The van der Waals surface area contributed by atoms with Crippen LogP contribution in [-0.2, 0) is 32.8 Å². The van der Waals surface area contributed by atoms with Crippen molar-refractivity contribution < 1.29 is 83.9 Å². The van der Waals surface area contributed by atoms with Gasteiger partial charge in [-0.15, -0.1) is 65.9 Å². The van der Waals surface area contributed by atoms with Gasteiger partial charge in [-0.2, -0.15) is 0 Å². The van der Waals surface area contributed by atoms with Crippen LogP contribution in [0.15, 0.2) is 146 Å². The molecule has 692 valence electrons. The Morgan fingerprint density at radius 1 is 0.443 bits per heavy atom. The monoisotopic (exact) mass is 1820 g/mol. The normalized spacial score (nSPS) is 31.1. The highest BCUT2D eigenvalue weighted by molar-refractivity contribution is 7.73. The minimum absolute atomic E-state index is 0.0735. The third kappa shape index (κ3) is 28.9. The number of nitrogens with two attached hydrogens (primary N) is 4. The first-order valence-corrected chi connectivity index (χ1v) is 59.3. The van der Waals surface area contributed by atoms with Crippen molar-refractivity contribution in [1.82, 2.24) is 29.4 Å². The molecule has 0 aromatic heterocycles.